The zero-order valence-electron chi connectivity index (χ0n) is 9.63. The van der Waals surface area contributed by atoms with Crippen LogP contribution in [0.1, 0.15) is 17.7 Å². The third-order valence-electron chi connectivity index (χ3n) is 3.15. The minimum Gasteiger partial charge on any atom is -0.358 e. The number of halogens is 1. The van der Waals surface area contributed by atoms with E-state index in [2.05, 4.69) is 23.0 Å². The van der Waals surface area contributed by atoms with Crippen molar-refractivity contribution in [3.63, 3.8) is 0 Å². The van der Waals surface area contributed by atoms with Crippen LogP contribution in [0.25, 0.3) is 16.5 Å². The number of benzene rings is 1. The van der Waals surface area contributed by atoms with Gasteiger partial charge in [-0.3, -0.25) is 4.99 Å². The molecule has 1 aromatic heterocycles. The number of nitrogens with one attached hydrogen (secondary N) is 1. The molecule has 0 saturated carbocycles. The highest BCUT2D eigenvalue weighted by molar-refractivity contribution is 6.31. The van der Waals surface area contributed by atoms with Crippen molar-refractivity contribution in [3.05, 3.63) is 40.6 Å². The van der Waals surface area contributed by atoms with Crippen LogP contribution in [0.2, 0.25) is 5.02 Å². The second-order valence-electron chi connectivity index (χ2n) is 4.30. The molecule has 3 heteroatoms. The fourth-order valence-corrected chi connectivity index (χ4v) is 2.57. The van der Waals surface area contributed by atoms with Crippen molar-refractivity contribution in [2.24, 2.45) is 4.99 Å². The van der Waals surface area contributed by atoms with Gasteiger partial charge in [0.1, 0.15) is 0 Å². The summed E-state index contributed by atoms with van der Waals surface area (Å²) in [5.74, 6) is 0. The summed E-state index contributed by atoms with van der Waals surface area (Å²) >= 11 is 6.08. The van der Waals surface area contributed by atoms with Crippen LogP contribution in [0.15, 0.2) is 29.3 Å². The van der Waals surface area contributed by atoms with Crippen molar-refractivity contribution < 1.29 is 0 Å². The zero-order chi connectivity index (χ0) is 11.8. The Hall–Kier alpha value is -1.54. The summed E-state index contributed by atoms with van der Waals surface area (Å²) in [5, 5.41) is 1.99. The third kappa shape index (κ3) is 1.79. The van der Waals surface area contributed by atoms with E-state index in [0.717, 1.165) is 23.5 Å². The highest BCUT2D eigenvalue weighted by Gasteiger charge is 2.13. The van der Waals surface area contributed by atoms with Crippen molar-refractivity contribution in [3.8, 4) is 0 Å². The predicted octanol–water partition coefficient (Wildman–Crippen LogP) is 3.99. The number of aryl methyl sites for hydroxylation is 1. The molecule has 0 saturated heterocycles. The molecule has 0 spiro atoms. The summed E-state index contributed by atoms with van der Waals surface area (Å²) in [6.45, 7) is 2.89. The first-order chi connectivity index (χ1) is 8.25. The molecular weight excluding hydrogens is 232 g/mol. The molecular formula is C14H13ClN2. The number of H-pyrrole nitrogens is 1. The van der Waals surface area contributed by atoms with Crippen LogP contribution in [0.3, 0.4) is 0 Å². The number of allylic oxidation sites excluding steroid dienone is 1. The van der Waals surface area contributed by atoms with Gasteiger partial charge in [-0.25, -0.2) is 0 Å². The van der Waals surface area contributed by atoms with Crippen LogP contribution in [-0.2, 0) is 0 Å². The molecule has 0 amide bonds. The number of fused-ring (bicyclic) bond motifs is 1. The lowest BCUT2D eigenvalue weighted by atomic mass is 9.98. The quantitative estimate of drug-likeness (QED) is 0.786. The molecule has 2 aromatic rings. The first-order valence-electron chi connectivity index (χ1n) is 5.71. The lowest BCUT2D eigenvalue weighted by Gasteiger charge is -2.08. The second-order valence-corrected chi connectivity index (χ2v) is 4.73. The van der Waals surface area contributed by atoms with Gasteiger partial charge in [0.25, 0.3) is 0 Å². The lowest BCUT2D eigenvalue weighted by molar-refractivity contribution is 1.19. The van der Waals surface area contributed by atoms with E-state index in [4.69, 9.17) is 11.6 Å². The lowest BCUT2D eigenvalue weighted by Crippen LogP contribution is -1.94. The van der Waals surface area contributed by atoms with Crippen LogP contribution in [0.4, 0.5) is 0 Å². The van der Waals surface area contributed by atoms with Crippen molar-refractivity contribution in [1.29, 1.82) is 0 Å². The average Bonchev–Trinajstić information content (AvgIpc) is 2.65. The Morgan fingerprint density at radius 2 is 2.24 bits per heavy atom. The van der Waals surface area contributed by atoms with Crippen LogP contribution in [-0.4, -0.2) is 17.7 Å². The zero-order valence-corrected chi connectivity index (χ0v) is 10.4. The SMILES string of the molecule is Cc1[nH]c2ccc(Cl)cc2c1C1=CCN=CC1. The van der Waals surface area contributed by atoms with E-state index >= 15 is 0 Å². The number of dihydropyridines is 1. The maximum Gasteiger partial charge on any atom is 0.0572 e. The van der Waals surface area contributed by atoms with Crippen LogP contribution in [0, 0.1) is 6.92 Å². The van der Waals surface area contributed by atoms with E-state index in [9.17, 15) is 0 Å². The van der Waals surface area contributed by atoms with Gasteiger partial charge in [-0.15, -0.1) is 0 Å². The molecule has 1 N–H and O–H groups in total. The second kappa shape index (κ2) is 4.04. The molecule has 3 rings (SSSR count). The summed E-state index contributed by atoms with van der Waals surface area (Å²) in [5.41, 5.74) is 4.97. The van der Waals surface area contributed by atoms with Crippen LogP contribution in [0.5, 0.6) is 0 Å². The molecule has 1 aromatic carbocycles. The molecule has 17 heavy (non-hydrogen) atoms. The Bertz CT molecular complexity index is 635. The van der Waals surface area contributed by atoms with Gasteiger partial charge in [0.2, 0.25) is 0 Å². The Morgan fingerprint density at radius 1 is 1.35 bits per heavy atom. The van der Waals surface area contributed by atoms with E-state index < -0.39 is 0 Å². The van der Waals surface area contributed by atoms with Crippen LogP contribution < -0.4 is 0 Å². The van der Waals surface area contributed by atoms with Crippen LogP contribution >= 0.6 is 11.6 Å². The van der Waals surface area contributed by atoms with Crippen molar-refractivity contribution >= 4 is 34.3 Å². The first-order valence-corrected chi connectivity index (χ1v) is 6.09. The minimum absolute atomic E-state index is 0.780. The first kappa shape index (κ1) is 10.6. The Kier molecular flexibility index (Phi) is 2.52. The number of nitrogens with zero attached hydrogens (tertiary/aromatic N) is 1. The van der Waals surface area contributed by atoms with Crippen molar-refractivity contribution in [2.75, 3.05) is 6.54 Å². The average molecular weight is 245 g/mol. The Labute approximate surface area is 105 Å². The molecule has 0 aliphatic carbocycles. The number of hydrogen-bond acceptors (Lipinski definition) is 1. The Balaban J connectivity index is 2.24. The third-order valence-corrected chi connectivity index (χ3v) is 3.39. The van der Waals surface area contributed by atoms with Gasteiger partial charge >= 0.3 is 0 Å². The van der Waals surface area contributed by atoms with Gasteiger partial charge in [-0.2, -0.15) is 0 Å². The minimum atomic E-state index is 0.780. The molecule has 0 atom stereocenters. The summed E-state index contributed by atoms with van der Waals surface area (Å²) in [4.78, 5) is 7.63. The summed E-state index contributed by atoms with van der Waals surface area (Å²) < 4.78 is 0. The molecule has 1 aliphatic rings. The largest absolute Gasteiger partial charge is 0.358 e. The molecule has 0 radical (unpaired) electrons. The van der Waals surface area contributed by atoms with Gasteiger partial charge in [0, 0.05) is 39.8 Å². The number of rotatable bonds is 1. The number of aromatic amines is 1. The smallest absolute Gasteiger partial charge is 0.0572 e. The fourth-order valence-electron chi connectivity index (χ4n) is 2.40. The standard InChI is InChI=1S/C14H13ClN2/c1-9-14(10-4-6-16-7-5-10)12-8-11(15)2-3-13(12)17-9/h2-4,7-8,17H,5-6H2,1H3. The van der Waals surface area contributed by atoms with E-state index in [0.29, 0.717) is 0 Å². The predicted molar refractivity (Wildman–Crippen MR) is 74.0 cm³/mol. The van der Waals surface area contributed by atoms with Gasteiger partial charge in [0.15, 0.2) is 0 Å². The van der Waals surface area contributed by atoms with Crippen molar-refractivity contribution in [1.82, 2.24) is 4.98 Å². The molecule has 86 valence electrons. The number of aliphatic imine (C=N–C) groups is 1. The van der Waals surface area contributed by atoms with E-state index in [1.165, 1.54) is 22.2 Å². The maximum atomic E-state index is 6.08. The molecule has 0 bridgehead atoms. The van der Waals surface area contributed by atoms with Gasteiger partial charge < -0.3 is 4.98 Å². The Morgan fingerprint density at radius 3 is 3.00 bits per heavy atom. The van der Waals surface area contributed by atoms with Gasteiger partial charge in [0.05, 0.1) is 6.54 Å². The molecule has 2 nitrogen and oxygen atoms in total. The normalized spacial score (nSPS) is 15.3. The van der Waals surface area contributed by atoms with E-state index in [1.807, 2.05) is 24.4 Å². The van der Waals surface area contributed by atoms with Crippen molar-refractivity contribution in [2.45, 2.75) is 13.3 Å². The number of hydrogen-bond donors (Lipinski definition) is 1. The topological polar surface area (TPSA) is 28.1 Å². The van der Waals surface area contributed by atoms with E-state index in [1.54, 1.807) is 0 Å². The number of aromatic nitrogens is 1. The maximum absolute atomic E-state index is 6.08. The molecule has 2 heterocycles. The van der Waals surface area contributed by atoms with Gasteiger partial charge in [-0.1, -0.05) is 17.7 Å². The molecule has 0 unspecified atom stereocenters. The highest BCUT2D eigenvalue weighted by atomic mass is 35.5. The summed E-state index contributed by atoms with van der Waals surface area (Å²) in [6, 6.07) is 5.98. The summed E-state index contributed by atoms with van der Waals surface area (Å²) in [6.07, 6.45) is 5.08. The fraction of sp³-hybridized carbons (Fsp3) is 0.214. The highest BCUT2D eigenvalue weighted by Crippen LogP contribution is 2.32. The molecule has 0 fully saturated rings. The summed E-state index contributed by atoms with van der Waals surface area (Å²) in [7, 11) is 0. The van der Waals surface area contributed by atoms with E-state index in [-0.39, 0.29) is 0 Å². The van der Waals surface area contributed by atoms with Gasteiger partial charge in [-0.05, 0) is 30.7 Å². The monoisotopic (exact) mass is 244 g/mol. The molecule has 1 aliphatic heterocycles.